The van der Waals surface area contributed by atoms with Gasteiger partial charge in [0.15, 0.2) is 0 Å². The first kappa shape index (κ1) is 17.2. The average molecular weight is 367 g/mol. The smallest absolute Gasteiger partial charge is 0.271 e. The van der Waals surface area contributed by atoms with E-state index >= 15 is 0 Å². The quantitative estimate of drug-likeness (QED) is 0.767. The maximum atomic E-state index is 12.7. The number of hydrogen-bond acceptors (Lipinski definition) is 5. The molecule has 0 aliphatic heterocycles. The van der Waals surface area contributed by atoms with Gasteiger partial charge in [-0.25, -0.2) is 18.4 Å². The summed E-state index contributed by atoms with van der Waals surface area (Å²) in [6.07, 6.45) is -2.71. The molecule has 1 amide bonds. The van der Waals surface area contributed by atoms with Crippen molar-refractivity contribution in [2.75, 3.05) is 5.43 Å². The summed E-state index contributed by atoms with van der Waals surface area (Å²) in [6, 6.07) is 2.93. The minimum Gasteiger partial charge on any atom is -0.271 e. The van der Waals surface area contributed by atoms with Crippen molar-refractivity contribution in [3.63, 3.8) is 0 Å². The third kappa shape index (κ3) is 3.29. The molecular weight excluding hydrogens is 352 g/mol. The van der Waals surface area contributed by atoms with Crippen molar-refractivity contribution < 1.29 is 13.6 Å². The summed E-state index contributed by atoms with van der Waals surface area (Å²) in [7, 11) is 0. The zero-order valence-corrected chi connectivity index (χ0v) is 14.5. The topological polar surface area (TPSA) is 81.8 Å². The van der Waals surface area contributed by atoms with Crippen LogP contribution in [-0.4, -0.2) is 25.3 Å². The molecule has 132 valence electrons. The molecule has 1 N–H and O–H groups in total. The van der Waals surface area contributed by atoms with Gasteiger partial charge < -0.3 is 0 Å². The van der Waals surface area contributed by atoms with E-state index in [1.54, 1.807) is 19.9 Å². The Balaban J connectivity index is 1.86. The van der Waals surface area contributed by atoms with Crippen LogP contribution < -0.4 is 11.0 Å². The minimum absolute atomic E-state index is 0.287. The van der Waals surface area contributed by atoms with Crippen LogP contribution in [-0.2, 0) is 11.3 Å². The molecule has 10 heteroatoms. The van der Waals surface area contributed by atoms with Crippen molar-refractivity contribution in [3.8, 4) is 0 Å². The van der Waals surface area contributed by atoms with E-state index in [9.17, 15) is 18.4 Å². The van der Waals surface area contributed by atoms with E-state index < -0.39 is 18.0 Å². The van der Waals surface area contributed by atoms with Crippen LogP contribution >= 0.6 is 11.3 Å². The Morgan fingerprint density at radius 1 is 1.32 bits per heavy atom. The van der Waals surface area contributed by atoms with E-state index in [0.717, 1.165) is 14.2 Å². The van der Waals surface area contributed by atoms with Crippen LogP contribution in [0.1, 0.15) is 28.5 Å². The van der Waals surface area contributed by atoms with Crippen molar-refractivity contribution in [1.82, 2.24) is 19.4 Å². The van der Waals surface area contributed by atoms with Crippen molar-refractivity contribution in [2.45, 2.75) is 33.7 Å². The van der Waals surface area contributed by atoms with Crippen molar-refractivity contribution in [3.05, 3.63) is 44.6 Å². The maximum Gasteiger partial charge on any atom is 0.282 e. The minimum atomic E-state index is -2.71. The summed E-state index contributed by atoms with van der Waals surface area (Å²) in [6.45, 7) is 4.76. The molecule has 3 aromatic heterocycles. The van der Waals surface area contributed by atoms with Gasteiger partial charge >= 0.3 is 0 Å². The largest absolute Gasteiger partial charge is 0.282 e. The number of aryl methyl sites for hydroxylation is 3. The Labute approximate surface area is 144 Å². The molecule has 0 fully saturated rings. The average Bonchev–Trinajstić information content (AvgIpc) is 3.07. The van der Waals surface area contributed by atoms with Crippen LogP contribution in [0.3, 0.4) is 0 Å². The van der Waals surface area contributed by atoms with E-state index in [2.05, 4.69) is 15.5 Å². The SMILES string of the molecule is Cc1cc2c(=O)n(NC(=O)Cn3nc(C(F)F)cc3C)c(C)nc2s1. The second-order valence-corrected chi connectivity index (χ2v) is 6.81. The molecule has 3 rings (SSSR count). The van der Waals surface area contributed by atoms with Crippen molar-refractivity contribution in [1.29, 1.82) is 0 Å². The number of carbonyl (C=O) groups is 1. The third-order valence-electron chi connectivity index (χ3n) is 3.61. The van der Waals surface area contributed by atoms with Crippen LogP contribution in [0.15, 0.2) is 16.9 Å². The lowest BCUT2D eigenvalue weighted by molar-refractivity contribution is -0.117. The number of nitrogens with one attached hydrogen (secondary N) is 1. The van der Waals surface area contributed by atoms with E-state index in [-0.39, 0.29) is 12.1 Å². The lowest BCUT2D eigenvalue weighted by Crippen LogP contribution is -2.37. The molecule has 0 spiro atoms. The number of alkyl halides is 2. The van der Waals surface area contributed by atoms with Gasteiger partial charge in [0.2, 0.25) is 0 Å². The summed E-state index contributed by atoms with van der Waals surface area (Å²) in [5.41, 5.74) is 2.10. The summed E-state index contributed by atoms with van der Waals surface area (Å²) >= 11 is 1.40. The number of rotatable bonds is 4. The van der Waals surface area contributed by atoms with Crippen molar-refractivity contribution >= 4 is 27.5 Å². The summed E-state index contributed by atoms with van der Waals surface area (Å²) in [4.78, 5) is 30.6. The van der Waals surface area contributed by atoms with Gasteiger partial charge in [-0.3, -0.25) is 19.7 Å². The second-order valence-electron chi connectivity index (χ2n) is 5.58. The summed E-state index contributed by atoms with van der Waals surface area (Å²) in [5, 5.41) is 4.11. The van der Waals surface area contributed by atoms with Gasteiger partial charge in [0.1, 0.15) is 22.9 Å². The molecule has 0 unspecified atom stereocenters. The van der Waals surface area contributed by atoms with Crippen LogP contribution in [0.2, 0.25) is 0 Å². The summed E-state index contributed by atoms with van der Waals surface area (Å²) < 4.78 is 27.6. The second kappa shape index (κ2) is 6.36. The predicted octanol–water partition coefficient (Wildman–Crippen LogP) is 2.29. The molecule has 0 bridgehead atoms. The molecule has 7 nitrogen and oxygen atoms in total. The first-order valence-corrected chi connectivity index (χ1v) is 8.20. The normalized spacial score (nSPS) is 11.4. The van der Waals surface area contributed by atoms with Gasteiger partial charge in [0.25, 0.3) is 17.9 Å². The monoisotopic (exact) mass is 367 g/mol. The van der Waals surface area contributed by atoms with Gasteiger partial charge in [-0.05, 0) is 32.9 Å². The van der Waals surface area contributed by atoms with Crippen LogP contribution in [0.25, 0.3) is 10.2 Å². The molecular formula is C15H15F2N5O2S. The van der Waals surface area contributed by atoms with Gasteiger partial charge in [-0.15, -0.1) is 11.3 Å². The fraction of sp³-hybridized carbons (Fsp3) is 0.333. The molecule has 3 aromatic rings. The fourth-order valence-corrected chi connectivity index (χ4v) is 3.35. The third-order valence-corrected chi connectivity index (χ3v) is 4.55. The number of carbonyl (C=O) groups excluding carboxylic acids is 1. The predicted molar refractivity (Wildman–Crippen MR) is 89.6 cm³/mol. The number of aromatic nitrogens is 4. The highest BCUT2D eigenvalue weighted by molar-refractivity contribution is 7.18. The highest BCUT2D eigenvalue weighted by Gasteiger charge is 2.17. The number of halogens is 2. The molecule has 3 heterocycles. The molecule has 0 atom stereocenters. The highest BCUT2D eigenvalue weighted by atomic mass is 32.1. The summed E-state index contributed by atoms with van der Waals surface area (Å²) in [5.74, 6) is -0.233. The lowest BCUT2D eigenvalue weighted by atomic mass is 10.3. The molecule has 0 saturated heterocycles. The first-order chi connectivity index (χ1) is 11.8. The molecule has 0 aliphatic rings. The Morgan fingerprint density at radius 3 is 2.68 bits per heavy atom. The fourth-order valence-electron chi connectivity index (χ4n) is 2.43. The van der Waals surface area contributed by atoms with Gasteiger partial charge in [-0.1, -0.05) is 0 Å². The standard InChI is InChI=1S/C15H15F2N5O2S/c1-7-4-11(13(16)17)19-21(7)6-12(23)20-22-9(3)18-14-10(15(22)24)5-8(2)25-14/h4-5,13H,6H2,1-3H3,(H,20,23). The number of amides is 1. The van der Waals surface area contributed by atoms with Gasteiger partial charge in [0.05, 0.1) is 5.39 Å². The van der Waals surface area contributed by atoms with E-state index in [0.29, 0.717) is 21.7 Å². The van der Waals surface area contributed by atoms with E-state index in [1.807, 2.05) is 6.92 Å². The Kier molecular flexibility index (Phi) is 4.38. The Morgan fingerprint density at radius 2 is 2.04 bits per heavy atom. The Bertz CT molecular complexity index is 1020. The maximum absolute atomic E-state index is 12.7. The van der Waals surface area contributed by atoms with Crippen molar-refractivity contribution in [2.24, 2.45) is 0 Å². The first-order valence-electron chi connectivity index (χ1n) is 7.38. The highest BCUT2D eigenvalue weighted by Crippen LogP contribution is 2.20. The molecule has 0 radical (unpaired) electrons. The van der Waals surface area contributed by atoms with Crippen LogP contribution in [0.5, 0.6) is 0 Å². The van der Waals surface area contributed by atoms with Crippen LogP contribution in [0.4, 0.5) is 8.78 Å². The van der Waals surface area contributed by atoms with E-state index in [1.165, 1.54) is 17.4 Å². The molecule has 25 heavy (non-hydrogen) atoms. The molecule has 0 aromatic carbocycles. The molecule has 0 saturated carbocycles. The van der Waals surface area contributed by atoms with Gasteiger partial charge in [-0.2, -0.15) is 5.10 Å². The zero-order chi connectivity index (χ0) is 18.3. The van der Waals surface area contributed by atoms with Gasteiger partial charge in [0, 0.05) is 10.6 Å². The number of nitrogens with zero attached hydrogens (tertiary/aromatic N) is 4. The lowest BCUT2D eigenvalue weighted by Gasteiger charge is -2.11. The zero-order valence-electron chi connectivity index (χ0n) is 13.7. The number of thiophene rings is 1. The number of hydrogen-bond donors (Lipinski definition) is 1. The van der Waals surface area contributed by atoms with E-state index in [4.69, 9.17) is 0 Å². The Hall–Kier alpha value is -2.62. The van der Waals surface area contributed by atoms with Crippen LogP contribution in [0, 0.1) is 20.8 Å². The number of fused-ring (bicyclic) bond motifs is 1. The molecule has 0 aliphatic carbocycles.